The van der Waals surface area contributed by atoms with Crippen molar-refractivity contribution in [1.29, 1.82) is 0 Å². The normalized spacial score (nSPS) is 24.6. The largest absolute Gasteiger partial charge is 0.481 e. The van der Waals surface area contributed by atoms with Gasteiger partial charge in [-0.1, -0.05) is 13.8 Å². The van der Waals surface area contributed by atoms with E-state index in [2.05, 4.69) is 0 Å². The molecule has 1 aliphatic carbocycles. The highest BCUT2D eigenvalue weighted by molar-refractivity contribution is 5.87. The van der Waals surface area contributed by atoms with Crippen molar-refractivity contribution < 1.29 is 24.2 Å². The Balaban J connectivity index is 3.04. The van der Waals surface area contributed by atoms with Crippen LogP contribution in [0.25, 0.3) is 0 Å². The second-order valence-electron chi connectivity index (χ2n) is 8.41. The Morgan fingerprint density at radius 3 is 1.77 bits per heavy atom. The molecule has 1 saturated carbocycles. The summed E-state index contributed by atoms with van der Waals surface area (Å²) in [5, 5.41) is 9.24. The zero-order chi connectivity index (χ0) is 17.5. The van der Waals surface area contributed by atoms with Gasteiger partial charge < -0.3 is 14.6 Å². The Morgan fingerprint density at radius 1 is 1.00 bits per heavy atom. The molecule has 0 saturated heterocycles. The second kappa shape index (κ2) is 5.60. The van der Waals surface area contributed by atoms with E-state index in [1.54, 1.807) is 26.8 Å². The fourth-order valence-electron chi connectivity index (χ4n) is 2.43. The second-order valence-corrected chi connectivity index (χ2v) is 8.41. The predicted octanol–water partition coefficient (Wildman–Crippen LogP) is 3.38. The van der Waals surface area contributed by atoms with Crippen LogP contribution < -0.4 is 0 Å². The highest BCUT2D eigenvalue weighted by atomic mass is 16.6. The van der Waals surface area contributed by atoms with Gasteiger partial charge in [-0.3, -0.25) is 4.79 Å². The van der Waals surface area contributed by atoms with Crippen molar-refractivity contribution in [3.63, 3.8) is 0 Å². The molecular formula is C17H28O5. The van der Waals surface area contributed by atoms with Crippen molar-refractivity contribution in [2.24, 2.45) is 17.3 Å². The number of rotatable bonds is 4. The monoisotopic (exact) mass is 312 g/mol. The van der Waals surface area contributed by atoms with Crippen LogP contribution in [0, 0.1) is 17.3 Å². The summed E-state index contributed by atoms with van der Waals surface area (Å²) in [6.07, 6.45) is 1.61. The molecule has 0 aromatic rings. The molecule has 1 N–H and O–H groups in total. The van der Waals surface area contributed by atoms with E-state index in [4.69, 9.17) is 9.47 Å². The van der Waals surface area contributed by atoms with E-state index in [-0.39, 0.29) is 17.1 Å². The number of carboxylic acid groups (broad SMARTS) is 1. The molecule has 2 atom stereocenters. The highest BCUT2D eigenvalue weighted by Crippen LogP contribution is 2.59. The van der Waals surface area contributed by atoms with Crippen molar-refractivity contribution in [2.45, 2.75) is 66.6 Å². The van der Waals surface area contributed by atoms with Gasteiger partial charge in [-0.2, -0.15) is 0 Å². The number of allylic oxidation sites excluding steroid dienone is 1. The van der Waals surface area contributed by atoms with Crippen LogP contribution in [-0.2, 0) is 19.1 Å². The molecule has 0 radical (unpaired) electrons. The molecule has 22 heavy (non-hydrogen) atoms. The Hall–Kier alpha value is -1.52. The summed E-state index contributed by atoms with van der Waals surface area (Å²) >= 11 is 0. The molecule has 0 heterocycles. The van der Waals surface area contributed by atoms with Gasteiger partial charge in [0.25, 0.3) is 0 Å². The van der Waals surface area contributed by atoms with Gasteiger partial charge in [-0.25, -0.2) is 4.79 Å². The zero-order valence-electron chi connectivity index (χ0n) is 14.8. The number of carbonyl (C=O) groups is 2. The third-order valence-electron chi connectivity index (χ3n) is 3.52. The Morgan fingerprint density at radius 2 is 1.45 bits per heavy atom. The molecule has 1 aliphatic rings. The van der Waals surface area contributed by atoms with Crippen molar-refractivity contribution >= 4 is 11.9 Å². The number of hydrogen-bond acceptors (Lipinski definition) is 4. The first-order chi connectivity index (χ1) is 9.65. The minimum Gasteiger partial charge on any atom is -0.481 e. The van der Waals surface area contributed by atoms with Crippen LogP contribution >= 0.6 is 0 Å². The van der Waals surface area contributed by atoms with Gasteiger partial charge in [-0.15, -0.1) is 0 Å². The third-order valence-corrected chi connectivity index (χ3v) is 3.52. The van der Waals surface area contributed by atoms with E-state index in [0.29, 0.717) is 0 Å². The van der Waals surface area contributed by atoms with Gasteiger partial charge >= 0.3 is 11.9 Å². The van der Waals surface area contributed by atoms with Gasteiger partial charge in [-0.05, 0) is 53.0 Å². The Bertz CT molecular complexity index is 488. The van der Waals surface area contributed by atoms with Crippen molar-refractivity contribution in [3.8, 4) is 0 Å². The lowest BCUT2D eigenvalue weighted by Crippen LogP contribution is -2.29. The number of hydrogen-bond donors (Lipinski definition) is 1. The summed E-state index contributed by atoms with van der Waals surface area (Å²) < 4.78 is 11.1. The predicted molar refractivity (Wildman–Crippen MR) is 83.2 cm³/mol. The van der Waals surface area contributed by atoms with Crippen molar-refractivity contribution in [2.75, 3.05) is 0 Å². The zero-order valence-corrected chi connectivity index (χ0v) is 14.8. The maximum atomic E-state index is 12.3. The molecule has 0 spiro atoms. The van der Waals surface area contributed by atoms with Gasteiger partial charge in [0.2, 0.25) is 5.76 Å². The quantitative estimate of drug-likeness (QED) is 0.489. The average molecular weight is 312 g/mol. The van der Waals surface area contributed by atoms with Crippen LogP contribution in [0.3, 0.4) is 0 Å². The number of aliphatic carboxylic acids is 1. The van der Waals surface area contributed by atoms with Crippen LogP contribution in [0.15, 0.2) is 11.8 Å². The highest BCUT2D eigenvalue weighted by Gasteiger charge is 2.61. The van der Waals surface area contributed by atoms with Crippen molar-refractivity contribution in [3.05, 3.63) is 11.8 Å². The number of esters is 1. The van der Waals surface area contributed by atoms with E-state index < -0.39 is 29.1 Å². The van der Waals surface area contributed by atoms with E-state index >= 15 is 0 Å². The SMILES string of the molecule is CC(C)(C)OC(=O)C(=CC1C(C(=O)O)C1(C)C)OC(C)(C)C. The molecule has 0 amide bonds. The minimum absolute atomic E-state index is 0.0873. The summed E-state index contributed by atoms with van der Waals surface area (Å²) in [4.78, 5) is 23.6. The number of carbonyl (C=O) groups excluding carboxylic acids is 1. The maximum absolute atomic E-state index is 12.3. The summed E-state index contributed by atoms with van der Waals surface area (Å²) in [6.45, 7) is 14.6. The van der Waals surface area contributed by atoms with Gasteiger partial charge in [0.1, 0.15) is 11.2 Å². The topological polar surface area (TPSA) is 72.8 Å². The summed E-state index contributed by atoms with van der Waals surface area (Å²) in [5.41, 5.74) is -1.59. The molecule has 0 aliphatic heterocycles. The van der Waals surface area contributed by atoms with Crippen LogP contribution in [0.4, 0.5) is 0 Å². The molecule has 0 bridgehead atoms. The summed E-state index contributed by atoms with van der Waals surface area (Å²) in [7, 11) is 0. The van der Waals surface area contributed by atoms with Crippen LogP contribution in [0.2, 0.25) is 0 Å². The number of ether oxygens (including phenoxy) is 2. The van der Waals surface area contributed by atoms with E-state index in [1.807, 2.05) is 34.6 Å². The molecular weight excluding hydrogens is 284 g/mol. The van der Waals surface area contributed by atoms with E-state index in [1.165, 1.54) is 0 Å². The lowest BCUT2D eigenvalue weighted by atomic mass is 10.1. The molecule has 5 nitrogen and oxygen atoms in total. The minimum atomic E-state index is -0.856. The molecule has 2 unspecified atom stereocenters. The van der Waals surface area contributed by atoms with Gasteiger partial charge in [0, 0.05) is 5.92 Å². The standard InChI is InChI=1S/C17H28O5/c1-15(2,3)21-11(14(20)22-16(4,5)6)9-10-12(13(18)19)17(10,7)8/h9-10,12H,1-8H3,(H,18,19). The first kappa shape index (κ1) is 18.5. The van der Waals surface area contributed by atoms with E-state index in [9.17, 15) is 14.7 Å². The first-order valence-corrected chi connectivity index (χ1v) is 7.52. The van der Waals surface area contributed by atoms with Crippen LogP contribution in [0.5, 0.6) is 0 Å². The molecule has 126 valence electrons. The molecule has 0 aromatic carbocycles. The molecule has 1 fully saturated rings. The van der Waals surface area contributed by atoms with Crippen LogP contribution in [0.1, 0.15) is 55.4 Å². The molecule has 5 heteroatoms. The fourth-order valence-corrected chi connectivity index (χ4v) is 2.43. The Kier molecular flexibility index (Phi) is 4.71. The maximum Gasteiger partial charge on any atom is 0.373 e. The van der Waals surface area contributed by atoms with E-state index in [0.717, 1.165) is 0 Å². The lowest BCUT2D eigenvalue weighted by molar-refractivity contribution is -0.156. The third kappa shape index (κ3) is 4.75. The fraction of sp³-hybridized carbons (Fsp3) is 0.765. The average Bonchev–Trinajstić information content (AvgIpc) is 2.74. The van der Waals surface area contributed by atoms with Crippen molar-refractivity contribution in [1.82, 2.24) is 0 Å². The van der Waals surface area contributed by atoms with Crippen LogP contribution in [-0.4, -0.2) is 28.2 Å². The smallest absolute Gasteiger partial charge is 0.373 e. The number of carboxylic acids is 1. The summed E-state index contributed by atoms with van der Waals surface area (Å²) in [5.74, 6) is -2.08. The molecule has 1 rings (SSSR count). The Labute approximate surface area is 132 Å². The lowest BCUT2D eigenvalue weighted by Gasteiger charge is -2.26. The van der Waals surface area contributed by atoms with Gasteiger partial charge in [0.15, 0.2) is 0 Å². The first-order valence-electron chi connectivity index (χ1n) is 7.52. The summed E-state index contributed by atoms with van der Waals surface area (Å²) in [6, 6.07) is 0. The van der Waals surface area contributed by atoms with Gasteiger partial charge in [0.05, 0.1) is 5.92 Å². The molecule has 0 aromatic heterocycles.